The van der Waals surface area contributed by atoms with Gasteiger partial charge in [0.25, 0.3) is 0 Å². The molecular weight excluding hydrogens is 362 g/mol. The maximum absolute atomic E-state index is 12.5. The van der Waals surface area contributed by atoms with Gasteiger partial charge in [-0.2, -0.15) is 0 Å². The maximum Gasteiger partial charge on any atom is 0.325 e. The average Bonchev–Trinajstić information content (AvgIpc) is 3.00. The van der Waals surface area contributed by atoms with Crippen molar-refractivity contribution in [3.8, 4) is 0 Å². The zero-order chi connectivity index (χ0) is 19.1. The highest BCUT2D eigenvalue weighted by molar-refractivity contribution is 6.33. The van der Waals surface area contributed by atoms with Crippen molar-refractivity contribution in [2.75, 3.05) is 18.9 Å². The van der Waals surface area contributed by atoms with E-state index in [-0.39, 0.29) is 32.1 Å². The molecule has 26 heavy (non-hydrogen) atoms. The van der Waals surface area contributed by atoms with E-state index in [1.54, 1.807) is 32.0 Å². The summed E-state index contributed by atoms with van der Waals surface area (Å²) in [5, 5.41) is 10.5. The van der Waals surface area contributed by atoms with Crippen molar-refractivity contribution in [1.82, 2.24) is 20.4 Å². The molecule has 0 aliphatic carbocycles. The van der Waals surface area contributed by atoms with Crippen LogP contribution in [0.25, 0.3) is 0 Å². The van der Waals surface area contributed by atoms with Gasteiger partial charge in [-0.05, 0) is 24.6 Å². The van der Waals surface area contributed by atoms with Crippen molar-refractivity contribution in [2.24, 2.45) is 0 Å². The lowest BCUT2D eigenvalue weighted by Crippen LogP contribution is -2.41. The number of nitrogens with two attached hydrogens (primary N) is 1. The first-order valence-electron chi connectivity index (χ1n) is 7.90. The second kappa shape index (κ2) is 9.04. The van der Waals surface area contributed by atoms with Gasteiger partial charge in [-0.3, -0.25) is 4.79 Å². The predicted octanol–water partition coefficient (Wildman–Crippen LogP) is 1.89. The molecule has 1 aromatic carbocycles. The van der Waals surface area contributed by atoms with Crippen molar-refractivity contribution >= 4 is 29.3 Å². The van der Waals surface area contributed by atoms with Crippen LogP contribution in [0, 0.1) is 6.92 Å². The number of amides is 2. The number of urea groups is 1. The van der Waals surface area contributed by atoms with Crippen molar-refractivity contribution in [2.45, 2.75) is 26.9 Å². The number of aromatic nitrogens is 2. The summed E-state index contributed by atoms with van der Waals surface area (Å²) in [7, 11) is 0. The number of nitrogens with zero attached hydrogens (tertiary/aromatic N) is 3. The molecule has 2 aromatic rings. The number of nitrogens with one attached hydrogen (secondary N) is 1. The van der Waals surface area contributed by atoms with Gasteiger partial charge in [-0.1, -0.05) is 17.7 Å². The molecule has 3 N–H and O–H groups in total. The minimum atomic E-state index is -0.523. The number of carbonyl (C=O) groups excluding carboxylic acids is 2. The largest absolute Gasteiger partial charge is 0.465 e. The third-order valence-corrected chi connectivity index (χ3v) is 3.64. The van der Waals surface area contributed by atoms with E-state index in [0.717, 1.165) is 5.56 Å². The predicted molar refractivity (Wildman–Crippen MR) is 94.2 cm³/mol. The van der Waals surface area contributed by atoms with E-state index in [1.807, 2.05) is 0 Å². The second-order valence-corrected chi connectivity index (χ2v) is 5.80. The van der Waals surface area contributed by atoms with Crippen LogP contribution < -0.4 is 11.1 Å². The summed E-state index contributed by atoms with van der Waals surface area (Å²) in [6, 6.07) is 4.60. The zero-order valence-corrected chi connectivity index (χ0v) is 15.2. The number of anilines is 1. The van der Waals surface area contributed by atoms with Crippen molar-refractivity contribution < 1.29 is 18.7 Å². The molecule has 0 radical (unpaired) electrons. The molecule has 1 heterocycles. The fourth-order valence-corrected chi connectivity index (χ4v) is 2.33. The summed E-state index contributed by atoms with van der Waals surface area (Å²) in [5.74, 6) is 0.141. The molecule has 0 aliphatic rings. The summed E-state index contributed by atoms with van der Waals surface area (Å²) in [5.41, 5.74) is 6.91. The van der Waals surface area contributed by atoms with E-state index >= 15 is 0 Å². The zero-order valence-electron chi connectivity index (χ0n) is 14.5. The molecule has 0 aliphatic heterocycles. The summed E-state index contributed by atoms with van der Waals surface area (Å²) in [6.07, 6.45) is 0. The van der Waals surface area contributed by atoms with Crippen LogP contribution in [0.3, 0.4) is 0 Å². The number of benzene rings is 1. The van der Waals surface area contributed by atoms with Crippen LogP contribution in [0.15, 0.2) is 22.6 Å². The molecule has 10 heteroatoms. The fraction of sp³-hybridized carbons (Fsp3) is 0.375. The van der Waals surface area contributed by atoms with Crippen molar-refractivity contribution in [3.05, 3.63) is 40.6 Å². The Kier molecular flexibility index (Phi) is 6.79. The number of rotatable bonds is 7. The normalized spacial score (nSPS) is 10.4. The highest BCUT2D eigenvalue weighted by atomic mass is 35.5. The summed E-state index contributed by atoms with van der Waals surface area (Å²) < 4.78 is 10.1. The Morgan fingerprint density at radius 2 is 2.12 bits per heavy atom. The monoisotopic (exact) mass is 381 g/mol. The average molecular weight is 382 g/mol. The Labute approximate surface area is 155 Å². The van der Waals surface area contributed by atoms with Crippen LogP contribution in [0.2, 0.25) is 5.02 Å². The molecule has 1 aromatic heterocycles. The first-order chi connectivity index (χ1) is 12.4. The number of hydrogen-bond donors (Lipinski definition) is 2. The van der Waals surface area contributed by atoms with Gasteiger partial charge in [0.05, 0.1) is 17.3 Å². The number of esters is 1. The van der Waals surface area contributed by atoms with E-state index in [2.05, 4.69) is 15.5 Å². The molecule has 0 spiro atoms. The Morgan fingerprint density at radius 3 is 2.73 bits per heavy atom. The van der Waals surface area contributed by atoms with E-state index in [0.29, 0.717) is 16.6 Å². The van der Waals surface area contributed by atoms with Crippen LogP contribution in [0.5, 0.6) is 0 Å². The lowest BCUT2D eigenvalue weighted by Gasteiger charge is -2.21. The smallest absolute Gasteiger partial charge is 0.325 e. The lowest BCUT2D eigenvalue weighted by atomic mass is 10.2. The summed E-state index contributed by atoms with van der Waals surface area (Å²) in [6.45, 7) is 3.61. The molecule has 0 unspecified atom stereocenters. The number of hydrogen-bond acceptors (Lipinski definition) is 7. The highest BCUT2D eigenvalue weighted by Gasteiger charge is 2.19. The standard InChI is InChI=1S/C16H20ClN5O4/c1-3-25-15(23)7-19-16(24)22(9-14-21-20-10(2)26-14)8-11-4-5-13(18)12(17)6-11/h4-6H,3,7-9,18H2,1-2H3,(H,19,24). The maximum atomic E-state index is 12.5. The number of aryl methyl sites for hydroxylation is 1. The Morgan fingerprint density at radius 1 is 1.35 bits per heavy atom. The molecule has 2 amide bonds. The molecule has 0 bridgehead atoms. The Balaban J connectivity index is 2.10. The van der Waals surface area contributed by atoms with Gasteiger partial charge in [-0.25, -0.2) is 4.79 Å². The third-order valence-electron chi connectivity index (χ3n) is 3.31. The van der Waals surface area contributed by atoms with Gasteiger partial charge in [0.2, 0.25) is 11.8 Å². The lowest BCUT2D eigenvalue weighted by molar-refractivity contribution is -0.141. The Hall–Kier alpha value is -2.81. The molecular formula is C16H20ClN5O4. The number of ether oxygens (including phenoxy) is 1. The van der Waals surface area contributed by atoms with E-state index in [1.165, 1.54) is 4.90 Å². The minimum Gasteiger partial charge on any atom is -0.465 e. The molecule has 0 atom stereocenters. The first kappa shape index (κ1) is 19.5. The number of halogens is 1. The summed E-state index contributed by atoms with van der Waals surface area (Å²) in [4.78, 5) is 25.3. The van der Waals surface area contributed by atoms with Gasteiger partial charge in [-0.15, -0.1) is 10.2 Å². The van der Waals surface area contributed by atoms with Crippen LogP contribution in [-0.4, -0.2) is 40.2 Å². The van der Waals surface area contributed by atoms with Crippen LogP contribution in [-0.2, 0) is 22.6 Å². The number of carbonyl (C=O) groups is 2. The third kappa shape index (κ3) is 5.62. The molecule has 0 fully saturated rings. The molecule has 140 valence electrons. The minimum absolute atomic E-state index is 0.0670. The molecule has 0 saturated heterocycles. The van der Waals surface area contributed by atoms with Crippen LogP contribution >= 0.6 is 11.6 Å². The number of nitrogen functional groups attached to an aromatic ring is 1. The molecule has 2 rings (SSSR count). The molecule has 0 saturated carbocycles. The SMILES string of the molecule is CCOC(=O)CNC(=O)N(Cc1ccc(N)c(Cl)c1)Cc1nnc(C)o1. The van der Waals surface area contributed by atoms with Gasteiger partial charge >= 0.3 is 12.0 Å². The van der Waals surface area contributed by atoms with E-state index in [9.17, 15) is 9.59 Å². The fourth-order valence-electron chi connectivity index (χ4n) is 2.13. The highest BCUT2D eigenvalue weighted by Crippen LogP contribution is 2.21. The van der Waals surface area contributed by atoms with Crippen LogP contribution in [0.1, 0.15) is 24.3 Å². The van der Waals surface area contributed by atoms with Gasteiger partial charge in [0.1, 0.15) is 13.1 Å². The van der Waals surface area contributed by atoms with E-state index < -0.39 is 12.0 Å². The second-order valence-electron chi connectivity index (χ2n) is 5.39. The van der Waals surface area contributed by atoms with Crippen molar-refractivity contribution in [3.63, 3.8) is 0 Å². The molecule has 9 nitrogen and oxygen atoms in total. The van der Waals surface area contributed by atoms with Crippen LogP contribution in [0.4, 0.5) is 10.5 Å². The van der Waals surface area contributed by atoms with Gasteiger partial charge < -0.3 is 25.1 Å². The Bertz CT molecular complexity index is 780. The van der Waals surface area contributed by atoms with Crippen molar-refractivity contribution in [1.29, 1.82) is 0 Å². The summed E-state index contributed by atoms with van der Waals surface area (Å²) >= 11 is 6.03. The van der Waals surface area contributed by atoms with E-state index in [4.69, 9.17) is 26.5 Å². The van der Waals surface area contributed by atoms with Gasteiger partial charge in [0.15, 0.2) is 0 Å². The first-order valence-corrected chi connectivity index (χ1v) is 8.28. The quantitative estimate of drug-likeness (QED) is 0.554. The van der Waals surface area contributed by atoms with Gasteiger partial charge in [0, 0.05) is 13.5 Å². The topological polar surface area (TPSA) is 124 Å².